The SMILES string of the molecule is CC(C)[C@H](O)C(=O)Nc1ccon1. The van der Waals surface area contributed by atoms with Crippen molar-refractivity contribution in [3.05, 3.63) is 12.3 Å². The molecule has 0 radical (unpaired) electrons. The highest BCUT2D eigenvalue weighted by Gasteiger charge is 2.19. The Morgan fingerprint density at radius 1 is 1.69 bits per heavy atom. The zero-order valence-corrected chi connectivity index (χ0v) is 7.52. The second kappa shape index (κ2) is 4.04. The molecule has 5 heteroatoms. The Balaban J connectivity index is 2.51. The molecular weight excluding hydrogens is 172 g/mol. The molecule has 2 N–H and O–H groups in total. The number of nitrogens with one attached hydrogen (secondary N) is 1. The first-order valence-corrected chi connectivity index (χ1v) is 4.00. The summed E-state index contributed by atoms with van der Waals surface area (Å²) >= 11 is 0. The number of rotatable bonds is 3. The largest absolute Gasteiger partial charge is 0.383 e. The Labute approximate surface area is 75.7 Å². The van der Waals surface area contributed by atoms with Crippen molar-refractivity contribution in [1.29, 1.82) is 0 Å². The van der Waals surface area contributed by atoms with Gasteiger partial charge in [-0.05, 0) is 5.92 Å². The van der Waals surface area contributed by atoms with Crippen molar-refractivity contribution in [1.82, 2.24) is 5.16 Å². The van der Waals surface area contributed by atoms with Gasteiger partial charge in [-0.15, -0.1) is 0 Å². The first-order chi connectivity index (χ1) is 6.11. The van der Waals surface area contributed by atoms with E-state index < -0.39 is 12.0 Å². The number of amides is 1. The Bertz CT molecular complexity index is 269. The van der Waals surface area contributed by atoms with Gasteiger partial charge in [0.25, 0.3) is 5.91 Å². The predicted molar refractivity (Wildman–Crippen MR) is 46.0 cm³/mol. The van der Waals surface area contributed by atoms with Gasteiger partial charge in [-0.2, -0.15) is 0 Å². The minimum Gasteiger partial charge on any atom is -0.383 e. The zero-order chi connectivity index (χ0) is 9.84. The maximum absolute atomic E-state index is 11.2. The number of anilines is 1. The topological polar surface area (TPSA) is 75.4 Å². The molecule has 1 rings (SSSR count). The molecule has 1 heterocycles. The van der Waals surface area contributed by atoms with E-state index in [0.29, 0.717) is 5.82 Å². The van der Waals surface area contributed by atoms with Crippen molar-refractivity contribution >= 4 is 11.7 Å². The number of carbonyl (C=O) groups is 1. The van der Waals surface area contributed by atoms with Gasteiger partial charge >= 0.3 is 0 Å². The number of hydrogen-bond donors (Lipinski definition) is 2. The van der Waals surface area contributed by atoms with Crippen LogP contribution in [-0.4, -0.2) is 22.3 Å². The van der Waals surface area contributed by atoms with Crippen LogP contribution < -0.4 is 5.32 Å². The molecular formula is C8H12N2O3. The van der Waals surface area contributed by atoms with Crippen LogP contribution >= 0.6 is 0 Å². The predicted octanol–water partition coefficient (Wildman–Crippen LogP) is 0.630. The fourth-order valence-electron chi connectivity index (χ4n) is 0.780. The van der Waals surface area contributed by atoms with Gasteiger partial charge in [-0.1, -0.05) is 19.0 Å². The molecule has 1 amide bonds. The summed E-state index contributed by atoms with van der Waals surface area (Å²) in [6, 6.07) is 1.50. The van der Waals surface area contributed by atoms with E-state index in [4.69, 9.17) is 0 Å². The van der Waals surface area contributed by atoms with Gasteiger partial charge in [0.15, 0.2) is 5.82 Å². The third-order valence-corrected chi connectivity index (χ3v) is 1.59. The summed E-state index contributed by atoms with van der Waals surface area (Å²) in [6.45, 7) is 3.51. The molecule has 72 valence electrons. The Hall–Kier alpha value is -1.36. The van der Waals surface area contributed by atoms with Crippen LogP contribution in [0.1, 0.15) is 13.8 Å². The fraction of sp³-hybridized carbons (Fsp3) is 0.500. The lowest BCUT2D eigenvalue weighted by Crippen LogP contribution is -2.31. The second-order valence-corrected chi connectivity index (χ2v) is 3.06. The maximum atomic E-state index is 11.2. The van der Waals surface area contributed by atoms with E-state index in [-0.39, 0.29) is 5.92 Å². The minimum atomic E-state index is -1.02. The number of aliphatic hydroxyl groups is 1. The molecule has 5 nitrogen and oxygen atoms in total. The fourth-order valence-corrected chi connectivity index (χ4v) is 0.780. The summed E-state index contributed by atoms with van der Waals surface area (Å²) in [6.07, 6.45) is 0.328. The van der Waals surface area contributed by atoms with E-state index >= 15 is 0 Å². The van der Waals surface area contributed by atoms with Crippen LogP contribution in [-0.2, 0) is 4.79 Å². The third kappa shape index (κ3) is 2.55. The third-order valence-electron chi connectivity index (χ3n) is 1.59. The molecule has 0 aliphatic heterocycles. The summed E-state index contributed by atoms with van der Waals surface area (Å²) in [5.74, 6) is -0.277. The summed E-state index contributed by atoms with van der Waals surface area (Å²) in [5, 5.41) is 15.2. The Morgan fingerprint density at radius 2 is 2.38 bits per heavy atom. The number of hydrogen-bond acceptors (Lipinski definition) is 4. The molecule has 0 saturated carbocycles. The van der Waals surface area contributed by atoms with Crippen LogP contribution in [0.4, 0.5) is 5.82 Å². The quantitative estimate of drug-likeness (QED) is 0.722. The molecule has 1 atom stereocenters. The van der Waals surface area contributed by atoms with Crippen molar-refractivity contribution in [2.45, 2.75) is 20.0 Å². The summed E-state index contributed by atoms with van der Waals surface area (Å²) in [4.78, 5) is 11.2. The van der Waals surface area contributed by atoms with E-state index in [1.54, 1.807) is 13.8 Å². The molecule has 0 aliphatic carbocycles. The van der Waals surface area contributed by atoms with E-state index in [2.05, 4.69) is 15.0 Å². The van der Waals surface area contributed by atoms with E-state index in [1.165, 1.54) is 12.3 Å². The molecule has 0 saturated heterocycles. The Kier molecular flexibility index (Phi) is 3.02. The monoisotopic (exact) mass is 184 g/mol. The van der Waals surface area contributed by atoms with E-state index in [9.17, 15) is 9.90 Å². The summed E-state index contributed by atoms with van der Waals surface area (Å²) in [7, 11) is 0. The lowest BCUT2D eigenvalue weighted by atomic mass is 10.1. The van der Waals surface area contributed by atoms with Crippen molar-refractivity contribution in [3.8, 4) is 0 Å². The number of carbonyl (C=O) groups excluding carboxylic acids is 1. The molecule has 0 unspecified atom stereocenters. The average Bonchev–Trinajstić information content (AvgIpc) is 2.55. The van der Waals surface area contributed by atoms with Crippen LogP contribution in [0, 0.1) is 5.92 Å². The summed E-state index contributed by atoms with van der Waals surface area (Å²) < 4.78 is 4.51. The lowest BCUT2D eigenvalue weighted by molar-refractivity contribution is -0.126. The molecule has 0 aromatic carbocycles. The molecule has 0 fully saturated rings. The first-order valence-electron chi connectivity index (χ1n) is 4.00. The van der Waals surface area contributed by atoms with Gasteiger partial charge in [0.05, 0.1) is 0 Å². The van der Waals surface area contributed by atoms with Crippen LogP contribution in [0.5, 0.6) is 0 Å². The maximum Gasteiger partial charge on any atom is 0.254 e. The number of aromatic nitrogens is 1. The minimum absolute atomic E-state index is 0.119. The average molecular weight is 184 g/mol. The van der Waals surface area contributed by atoms with Gasteiger partial charge in [0.1, 0.15) is 12.4 Å². The zero-order valence-electron chi connectivity index (χ0n) is 7.52. The van der Waals surface area contributed by atoms with Crippen LogP contribution in [0.15, 0.2) is 16.9 Å². The van der Waals surface area contributed by atoms with Crippen molar-refractivity contribution in [2.24, 2.45) is 5.92 Å². The van der Waals surface area contributed by atoms with E-state index in [1.807, 2.05) is 0 Å². The highest BCUT2D eigenvalue weighted by Crippen LogP contribution is 2.06. The smallest absolute Gasteiger partial charge is 0.254 e. The second-order valence-electron chi connectivity index (χ2n) is 3.06. The van der Waals surface area contributed by atoms with Gasteiger partial charge < -0.3 is 14.9 Å². The van der Waals surface area contributed by atoms with Crippen molar-refractivity contribution in [2.75, 3.05) is 5.32 Å². The van der Waals surface area contributed by atoms with Crippen molar-refractivity contribution in [3.63, 3.8) is 0 Å². The number of nitrogens with zero attached hydrogens (tertiary/aromatic N) is 1. The van der Waals surface area contributed by atoms with Crippen LogP contribution in [0.3, 0.4) is 0 Å². The molecule has 0 bridgehead atoms. The Morgan fingerprint density at radius 3 is 2.85 bits per heavy atom. The van der Waals surface area contributed by atoms with Crippen LogP contribution in [0.2, 0.25) is 0 Å². The highest BCUT2D eigenvalue weighted by molar-refractivity contribution is 5.93. The van der Waals surface area contributed by atoms with Gasteiger partial charge in [0, 0.05) is 6.07 Å². The molecule has 1 aromatic heterocycles. The number of aliphatic hydroxyl groups excluding tert-OH is 1. The molecule has 1 aromatic rings. The summed E-state index contributed by atoms with van der Waals surface area (Å²) in [5.41, 5.74) is 0. The van der Waals surface area contributed by atoms with Crippen molar-refractivity contribution < 1.29 is 14.4 Å². The molecule has 0 aliphatic rings. The van der Waals surface area contributed by atoms with Gasteiger partial charge in [-0.25, -0.2) is 0 Å². The molecule has 13 heavy (non-hydrogen) atoms. The first kappa shape index (κ1) is 9.73. The van der Waals surface area contributed by atoms with Gasteiger partial charge in [-0.3, -0.25) is 4.79 Å². The standard InChI is InChI=1S/C8H12N2O3/c1-5(2)7(11)8(12)9-6-3-4-13-10-6/h3-5,7,11H,1-2H3,(H,9,10,12)/t7-/m0/s1. The van der Waals surface area contributed by atoms with Gasteiger partial charge in [0.2, 0.25) is 0 Å². The van der Waals surface area contributed by atoms with E-state index in [0.717, 1.165) is 0 Å². The highest BCUT2D eigenvalue weighted by atomic mass is 16.5. The van der Waals surface area contributed by atoms with Crippen LogP contribution in [0.25, 0.3) is 0 Å². The normalized spacial score (nSPS) is 12.9. The lowest BCUT2D eigenvalue weighted by Gasteiger charge is -2.12. The molecule has 0 spiro atoms.